The van der Waals surface area contributed by atoms with Gasteiger partial charge in [-0.25, -0.2) is 0 Å². The summed E-state index contributed by atoms with van der Waals surface area (Å²) < 4.78 is 7.64. The van der Waals surface area contributed by atoms with E-state index >= 15 is 0 Å². The van der Waals surface area contributed by atoms with Crippen molar-refractivity contribution in [2.24, 2.45) is 5.73 Å². The van der Waals surface area contributed by atoms with Crippen LogP contribution in [0.2, 0.25) is 0 Å². The van der Waals surface area contributed by atoms with Gasteiger partial charge in [0.25, 0.3) is 0 Å². The molecule has 2 heterocycles. The lowest BCUT2D eigenvalue weighted by Crippen LogP contribution is -2.47. The summed E-state index contributed by atoms with van der Waals surface area (Å²) in [5.41, 5.74) is 9.31. The minimum atomic E-state index is -0.143. The van der Waals surface area contributed by atoms with Crippen molar-refractivity contribution in [2.45, 2.75) is 19.4 Å². The fourth-order valence-electron chi connectivity index (χ4n) is 4.22. The van der Waals surface area contributed by atoms with Crippen molar-refractivity contribution >= 4 is 22.6 Å². The maximum Gasteiger partial charge on any atom is 0.305 e. The number of piperazine rings is 1. The van der Waals surface area contributed by atoms with Gasteiger partial charge < -0.3 is 19.9 Å². The van der Waals surface area contributed by atoms with Crippen molar-refractivity contribution < 1.29 is 9.53 Å². The van der Waals surface area contributed by atoms with Crippen LogP contribution in [0.15, 0.2) is 60.8 Å². The minimum Gasteiger partial charge on any atom is -0.464 e. The van der Waals surface area contributed by atoms with Crippen LogP contribution in [0.3, 0.4) is 0 Å². The molecular weight excluding hydrogens is 388 g/mol. The van der Waals surface area contributed by atoms with E-state index in [2.05, 4.69) is 75.2 Å². The van der Waals surface area contributed by atoms with Gasteiger partial charge in [-0.3, -0.25) is 9.69 Å². The van der Waals surface area contributed by atoms with Gasteiger partial charge in [-0.05, 0) is 36.7 Å². The van der Waals surface area contributed by atoms with Gasteiger partial charge in [0.1, 0.15) is 6.61 Å². The van der Waals surface area contributed by atoms with Crippen molar-refractivity contribution in [3.63, 3.8) is 0 Å². The average Bonchev–Trinajstić information content (AvgIpc) is 3.22. The molecule has 2 aromatic carbocycles. The van der Waals surface area contributed by atoms with Gasteiger partial charge >= 0.3 is 5.97 Å². The third kappa shape index (κ3) is 5.46. The van der Waals surface area contributed by atoms with Gasteiger partial charge in [-0.15, -0.1) is 0 Å². The topological polar surface area (TPSA) is 63.7 Å². The molecule has 1 aliphatic heterocycles. The number of nitrogens with two attached hydrogens (primary N) is 1. The molecule has 0 amide bonds. The molecule has 0 spiro atoms. The number of rotatable bonds is 9. The number of fused-ring (bicyclic) bond motifs is 1. The molecule has 6 heteroatoms. The van der Waals surface area contributed by atoms with Gasteiger partial charge in [0, 0.05) is 63.0 Å². The second-order valence-corrected chi connectivity index (χ2v) is 8.08. The van der Waals surface area contributed by atoms with Crippen molar-refractivity contribution in [1.29, 1.82) is 0 Å². The van der Waals surface area contributed by atoms with Crippen LogP contribution < -0.4 is 10.6 Å². The number of hydrogen-bond acceptors (Lipinski definition) is 5. The van der Waals surface area contributed by atoms with Crippen LogP contribution in [0, 0.1) is 0 Å². The van der Waals surface area contributed by atoms with E-state index in [1.54, 1.807) is 0 Å². The van der Waals surface area contributed by atoms with E-state index in [0.29, 0.717) is 26.0 Å². The Morgan fingerprint density at radius 1 is 0.968 bits per heavy atom. The normalized spacial score (nSPS) is 14.8. The predicted molar refractivity (Wildman–Crippen MR) is 125 cm³/mol. The molecule has 2 N–H and O–H groups in total. The van der Waals surface area contributed by atoms with Crippen molar-refractivity contribution in [3.8, 4) is 0 Å². The molecule has 0 atom stereocenters. The second kappa shape index (κ2) is 10.5. The fourth-order valence-corrected chi connectivity index (χ4v) is 4.22. The van der Waals surface area contributed by atoms with E-state index < -0.39 is 0 Å². The van der Waals surface area contributed by atoms with E-state index in [9.17, 15) is 4.79 Å². The summed E-state index contributed by atoms with van der Waals surface area (Å²) in [4.78, 5) is 16.5. The maximum atomic E-state index is 11.6. The van der Waals surface area contributed by atoms with Crippen LogP contribution in [-0.4, -0.2) is 61.3 Å². The number of carbonyl (C=O) groups excluding carboxylic acids is 1. The zero-order valence-corrected chi connectivity index (χ0v) is 18.1. The molecule has 0 saturated carbocycles. The molecule has 1 saturated heterocycles. The third-order valence-electron chi connectivity index (χ3n) is 5.95. The molecular formula is C25H32N4O2. The maximum absolute atomic E-state index is 11.6. The number of ether oxygens (including phenoxy) is 1. The largest absolute Gasteiger partial charge is 0.464 e. The number of nitrogens with zero attached hydrogens (tertiary/aromatic N) is 3. The number of carbonyl (C=O) groups is 1. The molecule has 0 aliphatic carbocycles. The van der Waals surface area contributed by atoms with E-state index in [1.165, 1.54) is 22.2 Å². The Morgan fingerprint density at radius 3 is 2.55 bits per heavy atom. The summed E-state index contributed by atoms with van der Waals surface area (Å²) in [6.07, 6.45) is 3.30. The van der Waals surface area contributed by atoms with Crippen LogP contribution in [0.25, 0.3) is 10.9 Å². The van der Waals surface area contributed by atoms with Crippen LogP contribution >= 0.6 is 0 Å². The molecule has 4 rings (SSSR count). The van der Waals surface area contributed by atoms with Crippen molar-refractivity contribution in [1.82, 2.24) is 9.47 Å². The van der Waals surface area contributed by atoms with E-state index in [4.69, 9.17) is 10.5 Å². The molecule has 3 aromatic rings. The molecule has 0 bridgehead atoms. The van der Waals surface area contributed by atoms with Crippen LogP contribution in [-0.2, 0) is 16.1 Å². The molecule has 164 valence electrons. The van der Waals surface area contributed by atoms with Crippen LogP contribution in [0.4, 0.5) is 5.69 Å². The first-order chi connectivity index (χ1) is 15.2. The van der Waals surface area contributed by atoms with Gasteiger partial charge in [-0.1, -0.05) is 36.4 Å². The van der Waals surface area contributed by atoms with E-state index in [-0.39, 0.29) is 5.97 Å². The van der Waals surface area contributed by atoms with Crippen molar-refractivity contribution in [3.05, 3.63) is 66.4 Å². The average molecular weight is 421 g/mol. The highest BCUT2D eigenvalue weighted by Crippen LogP contribution is 2.29. The molecule has 6 nitrogen and oxygen atoms in total. The molecule has 0 radical (unpaired) electrons. The Hall–Kier alpha value is -2.83. The fraction of sp³-hybridized carbons (Fsp3) is 0.400. The zero-order valence-electron chi connectivity index (χ0n) is 18.1. The summed E-state index contributed by atoms with van der Waals surface area (Å²) in [5.74, 6) is -0.143. The highest BCUT2D eigenvalue weighted by atomic mass is 16.5. The first kappa shape index (κ1) is 21.4. The quantitative estimate of drug-likeness (QED) is 0.539. The lowest BCUT2D eigenvalue weighted by Gasteiger charge is -2.36. The highest BCUT2D eigenvalue weighted by molar-refractivity contribution is 5.93. The Balaban J connectivity index is 1.33. The molecule has 1 aromatic heterocycles. The number of esters is 1. The van der Waals surface area contributed by atoms with E-state index in [1.807, 2.05) is 0 Å². The van der Waals surface area contributed by atoms with E-state index in [0.717, 1.165) is 39.3 Å². The summed E-state index contributed by atoms with van der Waals surface area (Å²) >= 11 is 0. The summed E-state index contributed by atoms with van der Waals surface area (Å²) in [6.45, 7) is 6.56. The Labute approximate surface area is 184 Å². The second-order valence-electron chi connectivity index (χ2n) is 8.08. The standard InChI is InChI=1S/C25H32N4O2/c26-12-5-10-25(30)31-19-18-27-14-16-28(17-15-27)23-8-4-9-24-22(23)11-13-29(24)20-21-6-2-1-3-7-21/h1-4,6-9,11,13H,5,10,12,14-20,26H2. The van der Waals surface area contributed by atoms with Gasteiger partial charge in [0.15, 0.2) is 0 Å². The van der Waals surface area contributed by atoms with Crippen LogP contribution in [0.1, 0.15) is 18.4 Å². The Bertz CT molecular complexity index is 978. The number of benzene rings is 2. The third-order valence-corrected chi connectivity index (χ3v) is 5.95. The Kier molecular flexibility index (Phi) is 7.22. The first-order valence-corrected chi connectivity index (χ1v) is 11.2. The number of hydrogen-bond donors (Lipinski definition) is 1. The summed E-state index contributed by atoms with van der Waals surface area (Å²) in [5, 5.41) is 1.31. The number of aromatic nitrogens is 1. The molecule has 0 unspecified atom stereocenters. The van der Waals surface area contributed by atoms with Crippen LogP contribution in [0.5, 0.6) is 0 Å². The first-order valence-electron chi connectivity index (χ1n) is 11.2. The lowest BCUT2D eigenvalue weighted by molar-refractivity contribution is -0.144. The molecule has 31 heavy (non-hydrogen) atoms. The predicted octanol–water partition coefficient (Wildman–Crippen LogP) is 3.09. The van der Waals surface area contributed by atoms with Gasteiger partial charge in [-0.2, -0.15) is 0 Å². The molecule has 1 fully saturated rings. The molecule has 1 aliphatic rings. The van der Waals surface area contributed by atoms with Crippen molar-refractivity contribution in [2.75, 3.05) is 50.8 Å². The highest BCUT2D eigenvalue weighted by Gasteiger charge is 2.19. The zero-order chi connectivity index (χ0) is 21.5. The van der Waals surface area contributed by atoms with Gasteiger partial charge in [0.2, 0.25) is 0 Å². The SMILES string of the molecule is NCCCC(=O)OCCN1CCN(c2cccc3c2ccn3Cc2ccccc2)CC1. The smallest absolute Gasteiger partial charge is 0.305 e. The summed E-state index contributed by atoms with van der Waals surface area (Å²) in [7, 11) is 0. The lowest BCUT2D eigenvalue weighted by atomic mass is 10.1. The monoisotopic (exact) mass is 420 g/mol. The minimum absolute atomic E-state index is 0.143. The Morgan fingerprint density at radius 2 is 1.77 bits per heavy atom. The number of anilines is 1. The summed E-state index contributed by atoms with van der Waals surface area (Å²) in [6, 6.07) is 19.4. The van der Waals surface area contributed by atoms with Gasteiger partial charge in [0.05, 0.1) is 5.52 Å².